The number of carbonyl (C=O) groups excluding carboxylic acids is 3. The van der Waals surface area contributed by atoms with Crippen molar-refractivity contribution in [3.8, 4) is 0 Å². The normalized spacial score (nSPS) is 12.2. The van der Waals surface area contributed by atoms with Crippen LogP contribution in [0.5, 0.6) is 0 Å². The van der Waals surface area contributed by atoms with E-state index in [9.17, 15) is 14.4 Å². The van der Waals surface area contributed by atoms with E-state index in [1.165, 1.54) is 88.8 Å². The van der Waals surface area contributed by atoms with E-state index < -0.39 is 0 Å². The Labute approximate surface area is 324 Å². The zero-order valence-electron chi connectivity index (χ0n) is 33.6. The molecular formula is C41H79N3O5S2. The van der Waals surface area contributed by atoms with Crippen LogP contribution in [-0.4, -0.2) is 97.5 Å². The minimum absolute atomic E-state index is 0.000138. The number of hydrogen-bond donors (Lipinski definition) is 2. The average Bonchev–Trinajstić information content (AvgIpc) is 3.12. The van der Waals surface area contributed by atoms with Gasteiger partial charge in [-0.25, -0.2) is 0 Å². The Kier molecular flexibility index (Phi) is 36.2. The Morgan fingerprint density at radius 2 is 1.33 bits per heavy atom. The van der Waals surface area contributed by atoms with Crippen molar-refractivity contribution in [3.63, 3.8) is 0 Å². The lowest BCUT2D eigenvalue weighted by Crippen LogP contribution is -2.40. The number of thioether (sulfide) groups is 1. The number of carbonyl (C=O) groups is 3. The van der Waals surface area contributed by atoms with Gasteiger partial charge in [-0.2, -0.15) is 12.6 Å². The fraction of sp³-hybridized carbons (Fsp3) is 0.878. The van der Waals surface area contributed by atoms with E-state index in [2.05, 4.69) is 56.7 Å². The number of unbranched alkanes of at least 4 members (excludes halogenated alkanes) is 14. The van der Waals surface area contributed by atoms with Crippen LogP contribution in [0.25, 0.3) is 0 Å². The fourth-order valence-corrected chi connectivity index (χ4v) is 7.14. The van der Waals surface area contributed by atoms with E-state index in [0.29, 0.717) is 37.9 Å². The molecule has 0 aromatic carbocycles. The number of amides is 1. The molecule has 0 saturated carbocycles. The van der Waals surface area contributed by atoms with Gasteiger partial charge in [0.2, 0.25) is 0 Å². The van der Waals surface area contributed by atoms with Crippen LogP contribution in [0.15, 0.2) is 12.2 Å². The monoisotopic (exact) mass is 758 g/mol. The SMILES string of the molecule is CCCCCC/C=C\COC(=O)CCCCCN(CCC(=O)OC(CCCCCCC)CCCCCCC)C(=O)SCCN(C)CC(CS)NC. The summed E-state index contributed by atoms with van der Waals surface area (Å²) in [6, 6.07) is 0.298. The first-order chi connectivity index (χ1) is 24.8. The molecule has 8 nitrogen and oxygen atoms in total. The smallest absolute Gasteiger partial charge is 0.307 e. The van der Waals surface area contributed by atoms with Crippen LogP contribution >= 0.6 is 24.4 Å². The lowest BCUT2D eigenvalue weighted by molar-refractivity contribution is -0.150. The molecule has 0 aromatic rings. The summed E-state index contributed by atoms with van der Waals surface area (Å²) in [6.45, 7) is 9.55. The molecule has 0 aliphatic heterocycles. The minimum atomic E-state index is -0.202. The maximum atomic E-state index is 13.4. The zero-order valence-corrected chi connectivity index (χ0v) is 35.3. The van der Waals surface area contributed by atoms with Crippen LogP contribution in [0.3, 0.4) is 0 Å². The molecule has 0 aromatic heterocycles. The lowest BCUT2D eigenvalue weighted by Gasteiger charge is -2.25. The molecule has 0 bridgehead atoms. The summed E-state index contributed by atoms with van der Waals surface area (Å²) in [4.78, 5) is 42.7. The molecule has 0 heterocycles. The van der Waals surface area contributed by atoms with Gasteiger partial charge in [0.05, 0.1) is 6.42 Å². The van der Waals surface area contributed by atoms with Crippen LogP contribution < -0.4 is 5.32 Å². The molecule has 0 aliphatic rings. The molecule has 1 atom stereocenters. The van der Waals surface area contributed by atoms with Gasteiger partial charge in [-0.3, -0.25) is 14.4 Å². The maximum Gasteiger partial charge on any atom is 0.307 e. The van der Waals surface area contributed by atoms with Gasteiger partial charge in [0.25, 0.3) is 5.24 Å². The number of esters is 2. The first-order valence-corrected chi connectivity index (χ1v) is 22.3. The first kappa shape index (κ1) is 49.8. The van der Waals surface area contributed by atoms with Gasteiger partial charge < -0.3 is 24.6 Å². The summed E-state index contributed by atoms with van der Waals surface area (Å²) in [5, 5.41) is 3.27. The van der Waals surface area contributed by atoms with Gasteiger partial charge >= 0.3 is 11.9 Å². The highest BCUT2D eigenvalue weighted by molar-refractivity contribution is 8.13. The molecule has 0 spiro atoms. The summed E-state index contributed by atoms with van der Waals surface area (Å²) in [5.41, 5.74) is 0. The van der Waals surface area contributed by atoms with Crippen molar-refractivity contribution in [2.24, 2.45) is 0 Å². The van der Waals surface area contributed by atoms with E-state index in [4.69, 9.17) is 9.47 Å². The van der Waals surface area contributed by atoms with Gasteiger partial charge in [0.15, 0.2) is 0 Å². The van der Waals surface area contributed by atoms with Crippen LogP contribution in [0.4, 0.5) is 4.79 Å². The van der Waals surface area contributed by atoms with E-state index in [1.54, 1.807) is 0 Å². The van der Waals surface area contributed by atoms with E-state index >= 15 is 0 Å². The van der Waals surface area contributed by atoms with Crippen LogP contribution in [0, 0.1) is 0 Å². The highest BCUT2D eigenvalue weighted by Crippen LogP contribution is 2.18. The summed E-state index contributed by atoms with van der Waals surface area (Å²) in [7, 11) is 4.00. The number of likely N-dealkylation sites (N-methyl/N-ethyl adjacent to an activating group) is 2. The van der Waals surface area contributed by atoms with Crippen molar-refractivity contribution in [1.82, 2.24) is 15.1 Å². The van der Waals surface area contributed by atoms with Gasteiger partial charge in [-0.05, 0) is 65.5 Å². The largest absolute Gasteiger partial charge is 0.462 e. The van der Waals surface area contributed by atoms with Crippen LogP contribution in [0.2, 0.25) is 0 Å². The topological polar surface area (TPSA) is 88.2 Å². The average molecular weight is 758 g/mol. The Bertz CT molecular complexity index is 845. The van der Waals surface area contributed by atoms with Crippen molar-refractivity contribution in [2.75, 3.05) is 58.4 Å². The number of thiol groups is 1. The molecule has 0 rings (SSSR count). The molecule has 1 amide bonds. The molecule has 1 unspecified atom stereocenters. The van der Waals surface area contributed by atoms with Crippen molar-refractivity contribution in [3.05, 3.63) is 12.2 Å². The third-order valence-corrected chi connectivity index (χ3v) is 10.6. The summed E-state index contributed by atoms with van der Waals surface area (Å²) in [5.74, 6) is 1.05. The lowest BCUT2D eigenvalue weighted by atomic mass is 10.0. The second-order valence-corrected chi connectivity index (χ2v) is 15.5. The Morgan fingerprint density at radius 1 is 0.725 bits per heavy atom. The minimum Gasteiger partial charge on any atom is -0.462 e. The zero-order chi connectivity index (χ0) is 37.8. The molecule has 300 valence electrons. The standard InChI is InChI=1S/C41H79N3O5S2/c1-6-9-12-15-16-19-25-33-48-39(45)28-23-20-24-30-44(41(47)51-34-32-43(5)35-37(36-50)42-4)31-29-40(46)49-38(26-21-17-13-10-7-2)27-22-18-14-11-8-3/h19,25,37-38,42,50H,6-18,20-24,26-36H2,1-5H3/b25-19-. The van der Waals surface area contributed by atoms with Crippen molar-refractivity contribution in [1.29, 1.82) is 0 Å². The van der Waals surface area contributed by atoms with Gasteiger partial charge in [0, 0.05) is 50.1 Å². The fourth-order valence-electron chi connectivity index (χ4n) is 5.90. The Balaban J connectivity index is 4.95. The van der Waals surface area contributed by atoms with Gasteiger partial charge in [0.1, 0.15) is 12.7 Å². The number of nitrogens with one attached hydrogen (secondary N) is 1. The molecule has 0 radical (unpaired) electrons. The maximum absolute atomic E-state index is 13.4. The number of hydrogen-bond acceptors (Lipinski definition) is 9. The number of rotatable bonds is 36. The molecule has 51 heavy (non-hydrogen) atoms. The van der Waals surface area contributed by atoms with E-state index in [1.807, 2.05) is 18.0 Å². The van der Waals surface area contributed by atoms with Crippen LogP contribution in [-0.2, 0) is 19.1 Å². The molecule has 0 saturated heterocycles. The Morgan fingerprint density at radius 3 is 1.94 bits per heavy atom. The van der Waals surface area contributed by atoms with E-state index in [0.717, 1.165) is 70.2 Å². The molecular weight excluding hydrogens is 679 g/mol. The van der Waals surface area contributed by atoms with Crippen molar-refractivity contribution in [2.45, 2.75) is 174 Å². The molecule has 0 fully saturated rings. The molecule has 10 heteroatoms. The third-order valence-electron chi connectivity index (χ3n) is 9.30. The quantitative estimate of drug-likeness (QED) is 0.0283. The number of nitrogens with zero attached hydrogens (tertiary/aromatic N) is 2. The van der Waals surface area contributed by atoms with Crippen molar-refractivity contribution >= 4 is 41.6 Å². The molecule has 1 N–H and O–H groups in total. The highest BCUT2D eigenvalue weighted by Gasteiger charge is 2.19. The van der Waals surface area contributed by atoms with Gasteiger partial charge in [-0.1, -0.05) is 122 Å². The van der Waals surface area contributed by atoms with Gasteiger partial charge in [-0.15, -0.1) is 0 Å². The predicted octanol–water partition coefficient (Wildman–Crippen LogP) is 10.2. The molecule has 0 aliphatic carbocycles. The number of ether oxygens (including phenoxy) is 2. The van der Waals surface area contributed by atoms with Crippen LogP contribution in [0.1, 0.15) is 162 Å². The predicted molar refractivity (Wildman–Crippen MR) is 222 cm³/mol. The Hall–Kier alpha value is -1.23. The first-order valence-electron chi connectivity index (χ1n) is 20.7. The summed E-state index contributed by atoms with van der Waals surface area (Å²) < 4.78 is 11.4. The number of allylic oxidation sites excluding steroid dienone is 1. The summed E-state index contributed by atoms with van der Waals surface area (Å²) in [6.07, 6.45) is 26.7. The highest BCUT2D eigenvalue weighted by atomic mass is 32.2. The van der Waals surface area contributed by atoms with E-state index in [-0.39, 0.29) is 29.7 Å². The second-order valence-electron chi connectivity index (χ2n) is 14.1. The second kappa shape index (κ2) is 37.1. The summed E-state index contributed by atoms with van der Waals surface area (Å²) >= 11 is 5.73. The van der Waals surface area contributed by atoms with Crippen molar-refractivity contribution < 1.29 is 23.9 Å². The third kappa shape index (κ3) is 32.0.